The van der Waals surface area contributed by atoms with Crippen molar-refractivity contribution in [3.8, 4) is 0 Å². The summed E-state index contributed by atoms with van der Waals surface area (Å²) in [5.41, 5.74) is 1.95. The summed E-state index contributed by atoms with van der Waals surface area (Å²) in [6.07, 6.45) is 2.42. The van der Waals surface area contributed by atoms with E-state index in [1.165, 1.54) is 10.4 Å². The lowest BCUT2D eigenvalue weighted by Crippen LogP contribution is -2.46. The van der Waals surface area contributed by atoms with Crippen molar-refractivity contribution < 1.29 is 9.59 Å². The molecule has 1 atom stereocenters. The molecule has 0 unspecified atom stereocenters. The van der Waals surface area contributed by atoms with E-state index >= 15 is 0 Å². The van der Waals surface area contributed by atoms with Gasteiger partial charge in [0.1, 0.15) is 0 Å². The molecule has 1 aromatic carbocycles. The molecule has 2 aromatic rings. The van der Waals surface area contributed by atoms with E-state index in [1.807, 2.05) is 9.80 Å². The summed E-state index contributed by atoms with van der Waals surface area (Å²) < 4.78 is 0. The average Bonchev–Trinajstić information content (AvgIpc) is 3.18. The van der Waals surface area contributed by atoms with Crippen LogP contribution in [0.1, 0.15) is 46.6 Å². The highest BCUT2D eigenvalue weighted by Crippen LogP contribution is 2.34. The van der Waals surface area contributed by atoms with Crippen molar-refractivity contribution in [2.75, 3.05) is 19.6 Å². The number of hydrogen-bond acceptors (Lipinski definition) is 3. The van der Waals surface area contributed by atoms with Gasteiger partial charge in [-0.05, 0) is 67.5 Å². The van der Waals surface area contributed by atoms with E-state index < -0.39 is 0 Å². The summed E-state index contributed by atoms with van der Waals surface area (Å²) in [5.74, 6) is 0.284. The number of likely N-dealkylation sites (tertiary alicyclic amines) is 1. The Labute approximate surface area is 168 Å². The van der Waals surface area contributed by atoms with Gasteiger partial charge in [-0.3, -0.25) is 9.59 Å². The Bertz CT molecular complexity index is 840. The van der Waals surface area contributed by atoms with Gasteiger partial charge in [-0.15, -0.1) is 11.3 Å². The number of nitrogens with zero attached hydrogens (tertiary/aromatic N) is 2. The lowest BCUT2D eigenvalue weighted by Gasteiger charge is -2.38. The monoisotopic (exact) mass is 402 g/mol. The summed E-state index contributed by atoms with van der Waals surface area (Å²) in [5, 5.41) is 2.75. The van der Waals surface area contributed by atoms with E-state index in [9.17, 15) is 9.59 Å². The summed E-state index contributed by atoms with van der Waals surface area (Å²) >= 11 is 7.69. The first-order valence-corrected chi connectivity index (χ1v) is 10.7. The molecule has 0 spiro atoms. The van der Waals surface area contributed by atoms with Crippen molar-refractivity contribution in [3.63, 3.8) is 0 Å². The Kier molecular flexibility index (Phi) is 5.24. The third-order valence-electron chi connectivity index (χ3n) is 5.78. The van der Waals surface area contributed by atoms with Gasteiger partial charge in [-0.1, -0.05) is 11.6 Å². The molecular weight excluding hydrogens is 380 g/mol. The zero-order valence-corrected chi connectivity index (χ0v) is 16.9. The molecule has 1 aromatic heterocycles. The van der Waals surface area contributed by atoms with Crippen LogP contribution in [-0.2, 0) is 11.2 Å². The van der Waals surface area contributed by atoms with Crippen LogP contribution in [0, 0.1) is 5.92 Å². The molecule has 1 fully saturated rings. The number of carbonyl (C=O) groups is 2. The van der Waals surface area contributed by atoms with Crippen LogP contribution in [-0.4, -0.2) is 41.2 Å². The molecule has 142 valence electrons. The Morgan fingerprint density at radius 3 is 2.48 bits per heavy atom. The first-order valence-electron chi connectivity index (χ1n) is 9.46. The van der Waals surface area contributed by atoms with Gasteiger partial charge in [0.2, 0.25) is 5.91 Å². The van der Waals surface area contributed by atoms with Gasteiger partial charge in [-0.2, -0.15) is 0 Å². The van der Waals surface area contributed by atoms with Crippen LogP contribution in [0.15, 0.2) is 35.7 Å². The number of rotatable bonds is 2. The van der Waals surface area contributed by atoms with Gasteiger partial charge in [0.05, 0.1) is 6.04 Å². The minimum Gasteiger partial charge on any atom is -0.339 e. The Balaban J connectivity index is 1.37. The van der Waals surface area contributed by atoms with E-state index in [-0.39, 0.29) is 23.8 Å². The number of benzene rings is 1. The molecule has 6 heteroatoms. The fourth-order valence-electron chi connectivity index (χ4n) is 4.15. The van der Waals surface area contributed by atoms with E-state index in [2.05, 4.69) is 18.4 Å². The van der Waals surface area contributed by atoms with Gasteiger partial charge in [0.15, 0.2) is 0 Å². The molecule has 4 nitrogen and oxygen atoms in total. The number of hydrogen-bond donors (Lipinski definition) is 0. The Hall–Kier alpha value is -1.85. The highest BCUT2D eigenvalue weighted by molar-refractivity contribution is 7.10. The second kappa shape index (κ2) is 7.64. The van der Waals surface area contributed by atoms with E-state index in [4.69, 9.17) is 11.6 Å². The van der Waals surface area contributed by atoms with Gasteiger partial charge in [0, 0.05) is 41.0 Å². The van der Waals surface area contributed by atoms with Crippen LogP contribution in [0.3, 0.4) is 0 Å². The number of carbonyl (C=O) groups excluding carboxylic acids is 2. The van der Waals surface area contributed by atoms with E-state index in [0.29, 0.717) is 23.7 Å². The van der Waals surface area contributed by atoms with Crippen molar-refractivity contribution in [2.24, 2.45) is 5.92 Å². The molecule has 2 amide bonds. The normalized spacial score (nSPS) is 20.4. The largest absolute Gasteiger partial charge is 0.339 e. The lowest BCUT2D eigenvalue weighted by atomic mass is 9.92. The molecule has 2 aliphatic heterocycles. The maximum absolute atomic E-state index is 13.1. The molecule has 1 saturated heterocycles. The predicted octanol–water partition coefficient (Wildman–Crippen LogP) is 4.40. The number of amides is 2. The molecule has 3 heterocycles. The fraction of sp³-hybridized carbons (Fsp3) is 0.429. The number of piperidine rings is 1. The van der Waals surface area contributed by atoms with Crippen LogP contribution in [0.25, 0.3) is 0 Å². The van der Waals surface area contributed by atoms with Gasteiger partial charge in [0.25, 0.3) is 5.91 Å². The minimum atomic E-state index is 0.0157. The van der Waals surface area contributed by atoms with Crippen LogP contribution in [0.5, 0.6) is 0 Å². The van der Waals surface area contributed by atoms with Crippen LogP contribution in [0.4, 0.5) is 0 Å². The standard InChI is InChI=1S/C21H23ClN2O2S/c1-14-18-9-13-27-19(18)8-12-24(14)21(26)16-6-10-23(11-7-16)20(25)15-2-4-17(22)5-3-15/h2-5,9,13-14,16H,6-8,10-12H2,1H3/t14-/m0/s1. The molecule has 2 aliphatic rings. The van der Waals surface area contributed by atoms with Crippen LogP contribution < -0.4 is 0 Å². The van der Waals surface area contributed by atoms with Gasteiger partial charge in [-0.25, -0.2) is 0 Å². The first kappa shape index (κ1) is 18.5. The molecular formula is C21H23ClN2O2S. The zero-order chi connectivity index (χ0) is 19.0. The molecule has 4 rings (SSSR count). The average molecular weight is 403 g/mol. The summed E-state index contributed by atoms with van der Waals surface area (Å²) in [6, 6.07) is 9.30. The minimum absolute atomic E-state index is 0.0157. The topological polar surface area (TPSA) is 40.6 Å². The number of halogens is 1. The fourth-order valence-corrected chi connectivity index (χ4v) is 5.24. The second-order valence-corrected chi connectivity index (χ2v) is 8.77. The smallest absolute Gasteiger partial charge is 0.253 e. The summed E-state index contributed by atoms with van der Waals surface area (Å²) in [7, 11) is 0. The molecule has 27 heavy (non-hydrogen) atoms. The van der Waals surface area contributed by atoms with E-state index in [0.717, 1.165) is 25.8 Å². The molecule has 0 radical (unpaired) electrons. The van der Waals surface area contributed by atoms with Crippen molar-refractivity contribution in [3.05, 3.63) is 56.7 Å². The highest BCUT2D eigenvalue weighted by Gasteiger charge is 2.35. The zero-order valence-electron chi connectivity index (χ0n) is 15.4. The Morgan fingerprint density at radius 2 is 1.78 bits per heavy atom. The quantitative estimate of drug-likeness (QED) is 0.747. The number of thiophene rings is 1. The van der Waals surface area contributed by atoms with Gasteiger partial charge < -0.3 is 9.80 Å². The predicted molar refractivity (Wildman–Crippen MR) is 108 cm³/mol. The SMILES string of the molecule is C[C@H]1c2ccsc2CCN1C(=O)C1CCN(C(=O)c2ccc(Cl)cc2)CC1. The molecule has 0 bridgehead atoms. The van der Waals surface area contributed by atoms with Crippen LogP contribution in [0.2, 0.25) is 5.02 Å². The molecule has 0 N–H and O–H groups in total. The third-order valence-corrected chi connectivity index (χ3v) is 7.03. The van der Waals surface area contributed by atoms with Crippen molar-refractivity contribution in [2.45, 2.75) is 32.2 Å². The summed E-state index contributed by atoms with van der Waals surface area (Å²) in [6.45, 7) is 4.19. The maximum atomic E-state index is 13.1. The molecule has 0 saturated carbocycles. The van der Waals surface area contributed by atoms with Crippen LogP contribution >= 0.6 is 22.9 Å². The Morgan fingerprint density at radius 1 is 1.07 bits per heavy atom. The molecule has 0 aliphatic carbocycles. The maximum Gasteiger partial charge on any atom is 0.253 e. The third kappa shape index (κ3) is 3.63. The second-order valence-electron chi connectivity index (χ2n) is 7.33. The lowest BCUT2D eigenvalue weighted by molar-refractivity contribution is -0.139. The summed E-state index contributed by atoms with van der Waals surface area (Å²) in [4.78, 5) is 31.0. The van der Waals surface area contributed by atoms with E-state index in [1.54, 1.807) is 35.6 Å². The van der Waals surface area contributed by atoms with Gasteiger partial charge >= 0.3 is 0 Å². The number of fused-ring (bicyclic) bond motifs is 1. The highest BCUT2D eigenvalue weighted by atomic mass is 35.5. The van der Waals surface area contributed by atoms with Crippen molar-refractivity contribution in [1.82, 2.24) is 9.80 Å². The first-order chi connectivity index (χ1) is 13.0. The van der Waals surface area contributed by atoms with Crippen molar-refractivity contribution >= 4 is 34.8 Å². The van der Waals surface area contributed by atoms with Crippen molar-refractivity contribution in [1.29, 1.82) is 0 Å².